The van der Waals surface area contributed by atoms with Crippen molar-refractivity contribution in [3.8, 4) is 0 Å². The topological polar surface area (TPSA) is 52.6 Å². The van der Waals surface area contributed by atoms with E-state index in [1.165, 1.54) is 0 Å². The second-order valence-corrected chi connectivity index (χ2v) is 3.49. The lowest BCUT2D eigenvalue weighted by Gasteiger charge is -2.09. The third kappa shape index (κ3) is 1.91. The van der Waals surface area contributed by atoms with Crippen molar-refractivity contribution < 1.29 is 19.1 Å². The van der Waals surface area contributed by atoms with Crippen LogP contribution in [0.25, 0.3) is 0 Å². The van der Waals surface area contributed by atoms with Gasteiger partial charge in [0.05, 0.1) is 18.6 Å². The fourth-order valence-electron chi connectivity index (χ4n) is 1.74. The first-order chi connectivity index (χ1) is 7.72. The molecule has 1 aliphatic rings. The molecule has 0 amide bonds. The zero-order valence-electron chi connectivity index (χ0n) is 8.93. The zero-order chi connectivity index (χ0) is 11.5. The quantitative estimate of drug-likeness (QED) is 0.729. The standard InChI is InChI=1S/C12H12O4/c1-2-15-11(13)7-10-8-5-3-4-6-9(8)12(14)16-10/h3-6,10H,2,7H2,1H3/t10-/m0/s1. The van der Waals surface area contributed by atoms with Crippen LogP contribution in [0.15, 0.2) is 24.3 Å². The summed E-state index contributed by atoms with van der Waals surface area (Å²) >= 11 is 0. The number of hydrogen-bond acceptors (Lipinski definition) is 4. The maximum atomic E-state index is 11.4. The minimum atomic E-state index is -0.497. The first kappa shape index (κ1) is 10.7. The van der Waals surface area contributed by atoms with E-state index in [4.69, 9.17) is 9.47 Å². The molecule has 0 aliphatic carbocycles. The van der Waals surface area contributed by atoms with Crippen molar-refractivity contribution in [2.24, 2.45) is 0 Å². The first-order valence-electron chi connectivity index (χ1n) is 5.18. The summed E-state index contributed by atoms with van der Waals surface area (Å²) in [6.45, 7) is 2.08. The van der Waals surface area contributed by atoms with E-state index < -0.39 is 6.10 Å². The average molecular weight is 220 g/mol. The predicted molar refractivity (Wildman–Crippen MR) is 55.8 cm³/mol. The first-order valence-corrected chi connectivity index (χ1v) is 5.18. The van der Waals surface area contributed by atoms with Crippen molar-refractivity contribution in [3.63, 3.8) is 0 Å². The summed E-state index contributed by atoms with van der Waals surface area (Å²) in [5, 5.41) is 0. The highest BCUT2D eigenvalue weighted by Gasteiger charge is 2.32. The zero-order valence-corrected chi connectivity index (χ0v) is 8.93. The van der Waals surface area contributed by atoms with Gasteiger partial charge in [0.25, 0.3) is 0 Å². The lowest BCUT2D eigenvalue weighted by molar-refractivity contribution is -0.145. The molecule has 2 rings (SSSR count). The fraction of sp³-hybridized carbons (Fsp3) is 0.333. The third-order valence-electron chi connectivity index (χ3n) is 2.43. The molecule has 0 radical (unpaired) electrons. The molecule has 0 N–H and O–H groups in total. The molecule has 0 saturated carbocycles. The molecular formula is C12H12O4. The van der Waals surface area contributed by atoms with Gasteiger partial charge in [-0.15, -0.1) is 0 Å². The van der Waals surface area contributed by atoms with Gasteiger partial charge in [-0.2, -0.15) is 0 Å². The maximum absolute atomic E-state index is 11.4. The number of hydrogen-bond donors (Lipinski definition) is 0. The van der Waals surface area contributed by atoms with E-state index in [0.717, 1.165) is 5.56 Å². The Morgan fingerprint density at radius 3 is 2.94 bits per heavy atom. The number of cyclic esters (lactones) is 1. The van der Waals surface area contributed by atoms with Crippen LogP contribution in [0, 0.1) is 0 Å². The van der Waals surface area contributed by atoms with Crippen molar-refractivity contribution in [2.75, 3.05) is 6.61 Å². The Kier molecular flexibility index (Phi) is 2.90. The summed E-state index contributed by atoms with van der Waals surface area (Å²) in [6.07, 6.45) is -0.418. The highest BCUT2D eigenvalue weighted by Crippen LogP contribution is 2.32. The Morgan fingerprint density at radius 1 is 1.44 bits per heavy atom. The fourth-order valence-corrected chi connectivity index (χ4v) is 1.74. The molecule has 84 valence electrons. The Labute approximate surface area is 93.2 Å². The summed E-state index contributed by atoms with van der Waals surface area (Å²) in [5.74, 6) is -0.720. The molecule has 1 aliphatic heterocycles. The highest BCUT2D eigenvalue weighted by molar-refractivity contribution is 5.94. The number of esters is 2. The molecule has 0 aromatic heterocycles. The van der Waals surface area contributed by atoms with Gasteiger partial charge in [0, 0.05) is 5.56 Å². The van der Waals surface area contributed by atoms with Gasteiger partial charge in [-0.3, -0.25) is 4.79 Å². The molecule has 4 heteroatoms. The summed E-state index contributed by atoms with van der Waals surface area (Å²) in [7, 11) is 0. The predicted octanol–water partition coefficient (Wildman–Crippen LogP) is 1.85. The van der Waals surface area contributed by atoms with Gasteiger partial charge in [0.2, 0.25) is 0 Å². The molecule has 1 aromatic rings. The van der Waals surface area contributed by atoms with Crippen molar-refractivity contribution in [2.45, 2.75) is 19.4 Å². The second-order valence-electron chi connectivity index (χ2n) is 3.49. The number of benzene rings is 1. The van der Waals surface area contributed by atoms with E-state index in [2.05, 4.69) is 0 Å². The Morgan fingerprint density at radius 2 is 2.19 bits per heavy atom. The molecule has 0 unspecified atom stereocenters. The molecular weight excluding hydrogens is 208 g/mol. The summed E-state index contributed by atoms with van der Waals surface area (Å²) in [4.78, 5) is 22.7. The molecule has 1 atom stereocenters. The summed E-state index contributed by atoms with van der Waals surface area (Å²) < 4.78 is 9.93. The minimum Gasteiger partial charge on any atom is -0.466 e. The van der Waals surface area contributed by atoms with Crippen LogP contribution in [0.3, 0.4) is 0 Å². The molecule has 0 fully saturated rings. The number of ether oxygens (including phenoxy) is 2. The molecule has 0 bridgehead atoms. The monoisotopic (exact) mass is 220 g/mol. The molecule has 0 saturated heterocycles. The van der Waals surface area contributed by atoms with Crippen molar-refractivity contribution in [1.29, 1.82) is 0 Å². The van der Waals surface area contributed by atoms with E-state index in [1.54, 1.807) is 25.1 Å². The SMILES string of the molecule is CCOC(=O)C[C@@H]1OC(=O)c2ccccc21. The third-order valence-corrected chi connectivity index (χ3v) is 2.43. The summed E-state index contributed by atoms with van der Waals surface area (Å²) in [5.41, 5.74) is 1.30. The molecule has 0 spiro atoms. The van der Waals surface area contributed by atoms with Crippen LogP contribution >= 0.6 is 0 Å². The number of fused-ring (bicyclic) bond motifs is 1. The molecule has 1 aromatic carbocycles. The molecule has 1 heterocycles. The average Bonchev–Trinajstić information content (AvgIpc) is 2.57. The largest absolute Gasteiger partial charge is 0.466 e. The van der Waals surface area contributed by atoms with Crippen molar-refractivity contribution in [1.82, 2.24) is 0 Å². The van der Waals surface area contributed by atoms with Crippen LogP contribution in [0.5, 0.6) is 0 Å². The lowest BCUT2D eigenvalue weighted by atomic mass is 10.0. The Hall–Kier alpha value is -1.84. The molecule has 16 heavy (non-hydrogen) atoms. The minimum absolute atomic E-state index is 0.0800. The van der Waals surface area contributed by atoms with Gasteiger partial charge in [-0.1, -0.05) is 18.2 Å². The van der Waals surface area contributed by atoms with Crippen LogP contribution in [0.4, 0.5) is 0 Å². The van der Waals surface area contributed by atoms with Crippen LogP contribution in [-0.4, -0.2) is 18.5 Å². The van der Waals surface area contributed by atoms with Crippen molar-refractivity contribution >= 4 is 11.9 Å². The normalized spacial score (nSPS) is 17.8. The number of carbonyl (C=O) groups is 2. The Bertz CT molecular complexity index is 425. The van der Waals surface area contributed by atoms with Crippen LogP contribution in [0.1, 0.15) is 35.4 Å². The van der Waals surface area contributed by atoms with Crippen molar-refractivity contribution in [3.05, 3.63) is 35.4 Å². The molecule has 4 nitrogen and oxygen atoms in total. The second kappa shape index (κ2) is 4.35. The van der Waals surface area contributed by atoms with Crippen LogP contribution in [-0.2, 0) is 14.3 Å². The highest BCUT2D eigenvalue weighted by atomic mass is 16.6. The van der Waals surface area contributed by atoms with E-state index in [1.807, 2.05) is 6.07 Å². The van der Waals surface area contributed by atoms with E-state index in [-0.39, 0.29) is 18.4 Å². The van der Waals surface area contributed by atoms with Gasteiger partial charge in [-0.25, -0.2) is 4.79 Å². The van der Waals surface area contributed by atoms with Crippen LogP contribution in [0.2, 0.25) is 0 Å². The smallest absolute Gasteiger partial charge is 0.339 e. The van der Waals surface area contributed by atoms with Gasteiger partial charge < -0.3 is 9.47 Å². The van der Waals surface area contributed by atoms with E-state index in [9.17, 15) is 9.59 Å². The maximum Gasteiger partial charge on any atom is 0.339 e. The van der Waals surface area contributed by atoms with Crippen LogP contribution < -0.4 is 0 Å². The lowest BCUT2D eigenvalue weighted by Crippen LogP contribution is -2.10. The summed E-state index contributed by atoms with van der Waals surface area (Å²) in [6, 6.07) is 7.08. The van der Waals surface area contributed by atoms with Gasteiger partial charge >= 0.3 is 11.9 Å². The number of rotatable bonds is 3. The van der Waals surface area contributed by atoms with E-state index in [0.29, 0.717) is 12.2 Å². The Balaban J connectivity index is 2.15. The number of carbonyl (C=O) groups excluding carboxylic acids is 2. The van der Waals surface area contributed by atoms with Gasteiger partial charge in [0.1, 0.15) is 6.10 Å². The van der Waals surface area contributed by atoms with Gasteiger partial charge in [-0.05, 0) is 13.0 Å². The van der Waals surface area contributed by atoms with E-state index >= 15 is 0 Å². The van der Waals surface area contributed by atoms with Gasteiger partial charge in [0.15, 0.2) is 0 Å².